The molecule has 96 valence electrons. The molecule has 3 aromatic rings. The molecular formula is C16H17N3. The van der Waals surface area contributed by atoms with Crippen LogP contribution >= 0.6 is 0 Å². The first-order valence-electron chi connectivity index (χ1n) is 6.48. The zero-order valence-electron chi connectivity index (χ0n) is 11.0. The molecule has 0 aliphatic rings. The molecule has 19 heavy (non-hydrogen) atoms. The average molecular weight is 251 g/mol. The van der Waals surface area contributed by atoms with Gasteiger partial charge in [-0.3, -0.25) is 0 Å². The summed E-state index contributed by atoms with van der Waals surface area (Å²) in [5, 5.41) is 2.55. The van der Waals surface area contributed by atoms with Crippen molar-refractivity contribution in [3.63, 3.8) is 0 Å². The zero-order chi connectivity index (χ0) is 13.2. The van der Waals surface area contributed by atoms with Gasteiger partial charge in [-0.05, 0) is 23.3 Å². The minimum absolute atomic E-state index is 0.00234. The summed E-state index contributed by atoms with van der Waals surface area (Å²) in [6, 6.07) is 14.8. The third kappa shape index (κ3) is 2.25. The molecule has 0 radical (unpaired) electrons. The number of hydrogen-bond donors (Lipinski definition) is 1. The van der Waals surface area contributed by atoms with Crippen molar-refractivity contribution in [1.82, 2.24) is 9.55 Å². The van der Waals surface area contributed by atoms with Crippen molar-refractivity contribution in [2.24, 2.45) is 5.73 Å². The van der Waals surface area contributed by atoms with Gasteiger partial charge in [-0.15, -0.1) is 0 Å². The molecule has 0 saturated heterocycles. The van der Waals surface area contributed by atoms with Crippen molar-refractivity contribution in [3.05, 3.63) is 66.2 Å². The van der Waals surface area contributed by atoms with E-state index in [-0.39, 0.29) is 6.04 Å². The molecular weight excluding hydrogens is 234 g/mol. The lowest BCUT2D eigenvalue weighted by atomic mass is 10.0. The van der Waals surface area contributed by atoms with Crippen LogP contribution in [-0.2, 0) is 6.54 Å². The van der Waals surface area contributed by atoms with Crippen LogP contribution < -0.4 is 5.73 Å². The summed E-state index contributed by atoms with van der Waals surface area (Å²) in [4.78, 5) is 4.20. The van der Waals surface area contributed by atoms with Crippen LogP contribution in [0, 0.1) is 0 Å². The monoisotopic (exact) mass is 251 g/mol. The molecule has 0 spiro atoms. The van der Waals surface area contributed by atoms with Gasteiger partial charge in [-0.1, -0.05) is 42.5 Å². The fraction of sp³-hybridized carbons (Fsp3) is 0.188. The highest BCUT2D eigenvalue weighted by Crippen LogP contribution is 2.20. The highest BCUT2D eigenvalue weighted by molar-refractivity contribution is 5.85. The van der Waals surface area contributed by atoms with E-state index in [1.54, 1.807) is 0 Å². The quantitative estimate of drug-likeness (QED) is 0.777. The van der Waals surface area contributed by atoms with E-state index in [1.165, 1.54) is 16.3 Å². The minimum Gasteiger partial charge on any atom is -0.329 e. The predicted molar refractivity (Wildman–Crippen MR) is 77.9 cm³/mol. The largest absolute Gasteiger partial charge is 0.329 e. The van der Waals surface area contributed by atoms with Gasteiger partial charge in [0.1, 0.15) is 0 Å². The van der Waals surface area contributed by atoms with Crippen molar-refractivity contribution in [3.8, 4) is 0 Å². The lowest BCUT2D eigenvalue weighted by molar-refractivity contribution is 0.676. The first kappa shape index (κ1) is 11.9. The van der Waals surface area contributed by atoms with E-state index in [1.807, 2.05) is 19.4 Å². The summed E-state index contributed by atoms with van der Waals surface area (Å²) < 4.78 is 2.12. The van der Waals surface area contributed by atoms with E-state index in [0.29, 0.717) is 0 Å². The number of nitrogens with zero attached hydrogens (tertiary/aromatic N) is 2. The standard InChI is InChI=1S/C16H17N3/c1-12(17)16-9-18-11-19(16)10-14-7-4-6-13-5-2-3-8-15(13)14/h2-9,11-12H,10,17H2,1H3/t12-/m1/s1. The summed E-state index contributed by atoms with van der Waals surface area (Å²) in [5.74, 6) is 0. The summed E-state index contributed by atoms with van der Waals surface area (Å²) in [6.07, 6.45) is 3.69. The number of fused-ring (bicyclic) bond motifs is 1. The van der Waals surface area contributed by atoms with Crippen molar-refractivity contribution in [1.29, 1.82) is 0 Å². The van der Waals surface area contributed by atoms with E-state index in [0.717, 1.165) is 12.2 Å². The lowest BCUT2D eigenvalue weighted by Gasteiger charge is -2.12. The van der Waals surface area contributed by atoms with E-state index < -0.39 is 0 Å². The van der Waals surface area contributed by atoms with Gasteiger partial charge >= 0.3 is 0 Å². The summed E-state index contributed by atoms with van der Waals surface area (Å²) in [7, 11) is 0. The number of rotatable bonds is 3. The molecule has 0 aliphatic carbocycles. The third-order valence-corrected chi connectivity index (χ3v) is 3.43. The molecule has 0 unspecified atom stereocenters. The Kier molecular flexibility index (Phi) is 3.05. The molecule has 1 aromatic heterocycles. The van der Waals surface area contributed by atoms with Gasteiger partial charge in [-0.2, -0.15) is 0 Å². The van der Waals surface area contributed by atoms with Crippen molar-refractivity contribution in [2.45, 2.75) is 19.5 Å². The van der Waals surface area contributed by atoms with Gasteiger partial charge in [0, 0.05) is 18.8 Å². The van der Waals surface area contributed by atoms with Gasteiger partial charge in [-0.25, -0.2) is 4.98 Å². The normalized spacial score (nSPS) is 12.7. The van der Waals surface area contributed by atoms with Gasteiger partial charge in [0.05, 0.1) is 12.0 Å². The fourth-order valence-corrected chi connectivity index (χ4v) is 2.46. The molecule has 0 aliphatic heterocycles. The van der Waals surface area contributed by atoms with Crippen molar-refractivity contribution < 1.29 is 0 Å². The molecule has 2 N–H and O–H groups in total. The van der Waals surface area contributed by atoms with Crippen LogP contribution in [0.4, 0.5) is 0 Å². The first-order valence-corrected chi connectivity index (χ1v) is 6.48. The Bertz CT molecular complexity index is 693. The van der Waals surface area contributed by atoms with E-state index in [2.05, 4.69) is 52.0 Å². The molecule has 1 heterocycles. The van der Waals surface area contributed by atoms with E-state index in [9.17, 15) is 0 Å². The fourth-order valence-electron chi connectivity index (χ4n) is 2.46. The van der Waals surface area contributed by atoms with E-state index in [4.69, 9.17) is 5.73 Å². The molecule has 0 amide bonds. The highest BCUT2D eigenvalue weighted by atomic mass is 15.1. The van der Waals surface area contributed by atoms with Crippen LogP contribution in [0.2, 0.25) is 0 Å². The Morgan fingerprint density at radius 3 is 2.79 bits per heavy atom. The maximum Gasteiger partial charge on any atom is 0.0951 e. The molecule has 0 saturated carbocycles. The third-order valence-electron chi connectivity index (χ3n) is 3.43. The number of benzene rings is 2. The predicted octanol–water partition coefficient (Wildman–Crippen LogP) is 3.10. The van der Waals surface area contributed by atoms with Crippen molar-refractivity contribution in [2.75, 3.05) is 0 Å². The van der Waals surface area contributed by atoms with Crippen LogP contribution in [0.3, 0.4) is 0 Å². The van der Waals surface area contributed by atoms with Crippen LogP contribution in [0.25, 0.3) is 10.8 Å². The second-order valence-electron chi connectivity index (χ2n) is 4.87. The zero-order valence-corrected chi connectivity index (χ0v) is 11.0. The highest BCUT2D eigenvalue weighted by Gasteiger charge is 2.08. The summed E-state index contributed by atoms with van der Waals surface area (Å²) >= 11 is 0. The molecule has 3 rings (SSSR count). The summed E-state index contributed by atoms with van der Waals surface area (Å²) in [5.41, 5.74) is 8.32. The molecule has 1 atom stereocenters. The van der Waals surface area contributed by atoms with Crippen LogP contribution in [0.5, 0.6) is 0 Å². The number of hydrogen-bond acceptors (Lipinski definition) is 2. The Morgan fingerprint density at radius 2 is 1.95 bits per heavy atom. The first-order chi connectivity index (χ1) is 9.25. The second kappa shape index (κ2) is 4.86. The number of imidazole rings is 1. The lowest BCUT2D eigenvalue weighted by Crippen LogP contribution is -2.12. The average Bonchev–Trinajstić information content (AvgIpc) is 2.87. The topological polar surface area (TPSA) is 43.8 Å². The maximum atomic E-state index is 5.96. The van der Waals surface area contributed by atoms with Gasteiger partial charge in [0.25, 0.3) is 0 Å². The Labute approximate surface area is 112 Å². The van der Waals surface area contributed by atoms with Gasteiger partial charge in [0.15, 0.2) is 0 Å². The SMILES string of the molecule is C[C@@H](N)c1cncn1Cc1cccc2ccccc12. The van der Waals surface area contributed by atoms with Crippen LogP contribution in [-0.4, -0.2) is 9.55 Å². The Balaban J connectivity index is 2.04. The van der Waals surface area contributed by atoms with Gasteiger partial charge in [0.2, 0.25) is 0 Å². The molecule has 0 bridgehead atoms. The Hall–Kier alpha value is -2.13. The number of nitrogens with two attached hydrogens (primary N) is 1. The van der Waals surface area contributed by atoms with Crippen LogP contribution in [0.1, 0.15) is 24.2 Å². The second-order valence-corrected chi connectivity index (χ2v) is 4.87. The molecule has 3 nitrogen and oxygen atoms in total. The molecule has 2 aromatic carbocycles. The molecule has 3 heteroatoms. The smallest absolute Gasteiger partial charge is 0.0951 e. The maximum absolute atomic E-state index is 5.96. The van der Waals surface area contributed by atoms with Crippen molar-refractivity contribution >= 4 is 10.8 Å². The Morgan fingerprint density at radius 1 is 1.16 bits per heavy atom. The summed E-state index contributed by atoms with van der Waals surface area (Å²) in [6.45, 7) is 2.79. The number of aromatic nitrogens is 2. The van der Waals surface area contributed by atoms with Crippen LogP contribution in [0.15, 0.2) is 55.0 Å². The minimum atomic E-state index is -0.00234. The molecule has 0 fully saturated rings. The van der Waals surface area contributed by atoms with Gasteiger partial charge < -0.3 is 10.3 Å². The van der Waals surface area contributed by atoms with E-state index >= 15 is 0 Å².